The highest BCUT2D eigenvalue weighted by atomic mass is 35.5. The Morgan fingerprint density at radius 1 is 1.05 bits per heavy atom. The minimum absolute atomic E-state index is 0.0539. The fraction of sp³-hybridized carbons (Fsp3) is 0.467. The zero-order valence-electron chi connectivity index (χ0n) is 22.7. The number of halogens is 4. The number of benzene rings is 2. The maximum atomic E-state index is 14.9. The molecule has 0 unspecified atom stereocenters. The number of aromatic nitrogens is 2. The van der Waals surface area contributed by atoms with Crippen molar-refractivity contribution in [1.29, 1.82) is 0 Å². The molecule has 1 saturated carbocycles. The van der Waals surface area contributed by atoms with E-state index in [4.69, 9.17) is 28.3 Å². The van der Waals surface area contributed by atoms with Gasteiger partial charge in [-0.3, -0.25) is 4.79 Å². The number of aryl methyl sites for hydroxylation is 1. The average molecular weight is 576 g/mol. The Morgan fingerprint density at radius 3 is 2.41 bits per heavy atom. The Balaban J connectivity index is 1.35. The standard InChI is InChI=1S/C30H34Cl2F2N4O/c1-18-13-28(38(35-18)27-8-5-20(31)14-25(27)32)19-9-11-37(12-10-19)29(39)24-17-30(2,36(3)4)16-23(24)22-7-6-21(33)15-26(22)34/h5-8,13-15,19,23-24H,9-12,16-17H2,1-4H3/t23-,24+,30-/m0/s1. The van der Waals surface area contributed by atoms with E-state index in [1.807, 2.05) is 36.7 Å². The summed E-state index contributed by atoms with van der Waals surface area (Å²) in [5.74, 6) is -1.59. The normalized spacial score (nSPS) is 24.1. The lowest BCUT2D eigenvalue weighted by atomic mass is 9.86. The van der Waals surface area contributed by atoms with Crippen molar-refractivity contribution in [3.63, 3.8) is 0 Å². The number of likely N-dealkylation sites (tertiary alicyclic amines) is 1. The summed E-state index contributed by atoms with van der Waals surface area (Å²) in [5, 5.41) is 5.79. The summed E-state index contributed by atoms with van der Waals surface area (Å²) in [7, 11) is 3.99. The zero-order chi connectivity index (χ0) is 28.1. The molecule has 1 saturated heterocycles. The Hall–Kier alpha value is -2.48. The number of nitrogens with zero attached hydrogens (tertiary/aromatic N) is 4. The summed E-state index contributed by atoms with van der Waals surface area (Å²) < 4.78 is 30.5. The van der Waals surface area contributed by atoms with Gasteiger partial charge in [0.15, 0.2) is 0 Å². The van der Waals surface area contributed by atoms with Gasteiger partial charge in [0.05, 0.1) is 16.4 Å². The first-order valence-electron chi connectivity index (χ1n) is 13.4. The lowest BCUT2D eigenvalue weighted by Crippen LogP contribution is -2.43. The maximum Gasteiger partial charge on any atom is 0.226 e. The minimum atomic E-state index is -0.607. The van der Waals surface area contributed by atoms with Crippen LogP contribution in [0.25, 0.3) is 5.69 Å². The van der Waals surface area contributed by atoms with Gasteiger partial charge in [-0.2, -0.15) is 5.10 Å². The number of carbonyl (C=O) groups excluding carboxylic acids is 1. The summed E-state index contributed by atoms with van der Waals surface area (Å²) in [6, 6.07) is 11.2. The second kappa shape index (κ2) is 10.8. The number of piperidine rings is 1. The van der Waals surface area contributed by atoms with Crippen LogP contribution in [0.4, 0.5) is 8.78 Å². The van der Waals surface area contributed by atoms with Crippen LogP contribution in [-0.2, 0) is 4.79 Å². The molecule has 0 spiro atoms. The van der Waals surface area contributed by atoms with Gasteiger partial charge in [0.1, 0.15) is 11.6 Å². The number of carbonyl (C=O) groups is 1. The molecular weight excluding hydrogens is 541 g/mol. The van der Waals surface area contributed by atoms with Crippen molar-refractivity contribution in [1.82, 2.24) is 19.6 Å². The van der Waals surface area contributed by atoms with Crippen LogP contribution in [0, 0.1) is 24.5 Å². The largest absolute Gasteiger partial charge is 0.342 e. The number of hydrogen-bond donors (Lipinski definition) is 0. The van der Waals surface area contributed by atoms with E-state index in [1.165, 1.54) is 12.1 Å². The molecule has 2 fully saturated rings. The Labute approximate surface area is 238 Å². The van der Waals surface area contributed by atoms with Crippen molar-refractivity contribution >= 4 is 29.1 Å². The molecule has 9 heteroatoms. The van der Waals surface area contributed by atoms with Crippen molar-refractivity contribution in [3.05, 3.63) is 81.1 Å². The first-order valence-corrected chi connectivity index (χ1v) is 14.2. The second-order valence-electron chi connectivity index (χ2n) is 11.5. The number of amides is 1. The molecule has 1 aliphatic heterocycles. The lowest BCUT2D eigenvalue weighted by molar-refractivity contribution is -0.137. The fourth-order valence-electron chi connectivity index (χ4n) is 6.36. The number of hydrogen-bond acceptors (Lipinski definition) is 3. The topological polar surface area (TPSA) is 41.4 Å². The zero-order valence-corrected chi connectivity index (χ0v) is 24.2. The van der Waals surface area contributed by atoms with Gasteiger partial charge in [-0.1, -0.05) is 29.3 Å². The van der Waals surface area contributed by atoms with Gasteiger partial charge in [-0.05, 0) is 89.5 Å². The molecule has 2 aliphatic rings. The highest BCUT2D eigenvalue weighted by Crippen LogP contribution is 2.49. The average Bonchev–Trinajstić information content (AvgIpc) is 3.44. The van der Waals surface area contributed by atoms with E-state index in [9.17, 15) is 13.6 Å². The third kappa shape index (κ3) is 5.46. The smallest absolute Gasteiger partial charge is 0.226 e. The van der Waals surface area contributed by atoms with Crippen LogP contribution in [-0.4, -0.2) is 58.2 Å². The van der Waals surface area contributed by atoms with Crippen LogP contribution < -0.4 is 0 Å². The van der Waals surface area contributed by atoms with Gasteiger partial charge >= 0.3 is 0 Å². The van der Waals surface area contributed by atoms with Crippen LogP contribution in [0.1, 0.15) is 61.4 Å². The van der Waals surface area contributed by atoms with E-state index < -0.39 is 11.6 Å². The SMILES string of the molecule is Cc1cc(C2CCN(C(=O)[C@@H]3C[C@@](C)(N(C)C)C[C@H]3c3ccc(F)cc3F)CC2)n(-c2ccc(Cl)cc2Cl)n1. The Bertz CT molecular complexity index is 1390. The predicted octanol–water partition coefficient (Wildman–Crippen LogP) is 6.99. The van der Waals surface area contributed by atoms with Crippen molar-refractivity contribution in [2.45, 2.75) is 56.9 Å². The highest BCUT2D eigenvalue weighted by Gasteiger charge is 2.49. The van der Waals surface area contributed by atoms with Crippen molar-refractivity contribution in [2.75, 3.05) is 27.2 Å². The summed E-state index contributed by atoms with van der Waals surface area (Å²) in [6.45, 7) is 5.29. The van der Waals surface area contributed by atoms with Crippen molar-refractivity contribution in [3.8, 4) is 5.69 Å². The summed E-state index contributed by atoms with van der Waals surface area (Å²) in [5.41, 5.74) is 2.91. The molecule has 3 atom stereocenters. The first kappa shape index (κ1) is 28.1. The van der Waals surface area contributed by atoms with Crippen molar-refractivity contribution < 1.29 is 13.6 Å². The monoisotopic (exact) mass is 574 g/mol. The molecule has 1 amide bonds. The highest BCUT2D eigenvalue weighted by molar-refractivity contribution is 6.35. The predicted molar refractivity (Wildman–Crippen MR) is 151 cm³/mol. The third-order valence-corrected chi connectivity index (χ3v) is 9.32. The minimum Gasteiger partial charge on any atom is -0.342 e. The molecule has 1 aromatic heterocycles. The van der Waals surface area contributed by atoms with Crippen LogP contribution in [0.15, 0.2) is 42.5 Å². The maximum absolute atomic E-state index is 14.9. The molecule has 0 bridgehead atoms. The molecule has 1 aliphatic carbocycles. The lowest BCUT2D eigenvalue weighted by Gasteiger charge is -2.35. The Morgan fingerprint density at radius 2 is 1.77 bits per heavy atom. The van der Waals surface area contributed by atoms with E-state index >= 15 is 0 Å². The molecule has 0 N–H and O–H groups in total. The van der Waals surface area contributed by atoms with Gasteiger partial charge in [0, 0.05) is 53.2 Å². The molecule has 2 heterocycles. The van der Waals surface area contributed by atoms with Crippen LogP contribution in [0.5, 0.6) is 0 Å². The van der Waals surface area contributed by atoms with Gasteiger partial charge < -0.3 is 9.80 Å². The molecule has 208 valence electrons. The van der Waals surface area contributed by atoms with E-state index in [0.29, 0.717) is 41.5 Å². The second-order valence-corrected chi connectivity index (χ2v) is 12.3. The molecule has 5 rings (SSSR count). The van der Waals surface area contributed by atoms with Crippen LogP contribution >= 0.6 is 23.2 Å². The van der Waals surface area contributed by atoms with E-state index in [2.05, 4.69) is 17.9 Å². The van der Waals surface area contributed by atoms with E-state index in [0.717, 1.165) is 36.0 Å². The van der Waals surface area contributed by atoms with E-state index in [1.54, 1.807) is 12.1 Å². The summed E-state index contributed by atoms with van der Waals surface area (Å²) >= 11 is 12.6. The Kier molecular flexibility index (Phi) is 7.79. The number of rotatable bonds is 5. The van der Waals surface area contributed by atoms with Crippen LogP contribution in [0.3, 0.4) is 0 Å². The summed E-state index contributed by atoms with van der Waals surface area (Å²) in [6.07, 6.45) is 2.83. The molecule has 0 radical (unpaired) electrons. The molecule has 5 nitrogen and oxygen atoms in total. The molecule has 3 aromatic rings. The van der Waals surface area contributed by atoms with Gasteiger partial charge in [-0.15, -0.1) is 0 Å². The summed E-state index contributed by atoms with van der Waals surface area (Å²) in [4.78, 5) is 18.0. The molecular formula is C30H34Cl2F2N4O. The van der Waals surface area contributed by atoms with E-state index in [-0.39, 0.29) is 29.2 Å². The van der Waals surface area contributed by atoms with Gasteiger partial charge in [0.2, 0.25) is 5.91 Å². The molecule has 2 aromatic carbocycles. The first-order chi connectivity index (χ1) is 18.5. The van der Waals surface area contributed by atoms with Crippen molar-refractivity contribution in [2.24, 2.45) is 5.92 Å². The van der Waals surface area contributed by atoms with Gasteiger partial charge in [0.25, 0.3) is 0 Å². The van der Waals surface area contributed by atoms with Crippen LogP contribution in [0.2, 0.25) is 10.0 Å². The third-order valence-electron chi connectivity index (χ3n) is 8.79. The van der Waals surface area contributed by atoms with Gasteiger partial charge in [-0.25, -0.2) is 13.5 Å². The fourth-order valence-corrected chi connectivity index (χ4v) is 6.84. The quantitative estimate of drug-likeness (QED) is 0.330. The molecule has 39 heavy (non-hydrogen) atoms.